The van der Waals surface area contributed by atoms with Crippen molar-refractivity contribution < 1.29 is 34.0 Å². The maximum absolute atomic E-state index is 14.0. The summed E-state index contributed by atoms with van der Waals surface area (Å²) >= 11 is 0. The van der Waals surface area contributed by atoms with Gasteiger partial charge in [0.15, 0.2) is 0 Å². The third-order valence-electron chi connectivity index (χ3n) is 10.3. The third-order valence-corrected chi connectivity index (χ3v) is 10.3. The topological polar surface area (TPSA) is 130 Å². The van der Waals surface area contributed by atoms with Crippen molar-refractivity contribution in [3.05, 3.63) is 71.3 Å². The molecule has 10 heteroatoms. The predicted molar refractivity (Wildman–Crippen MR) is 198 cm³/mol. The van der Waals surface area contributed by atoms with Crippen molar-refractivity contribution in [1.82, 2.24) is 15.5 Å². The molecule has 0 bridgehead atoms. The molecular formula is C41H59N3O7. The standard InChI is InChI=1S/C41H59N3O7/c1-41(2,3)51-40(48)42-35(26-30-10-5-4-6-11-30)36(45)28-32(39(47)43-38-34-15-8-7-13-31(34)27-37(38)46)14-9-12-29-16-18-33(19-17-29)50-25-22-44-20-23-49-24-21-44/h7-9,12-13,15-19,30,32,35-38,45-46H,4-6,10-11,14,20-28H2,1-3H3,(H,42,48)(H,43,47)/t32?,35?,36?,37-,38-/m0/s1. The maximum Gasteiger partial charge on any atom is 0.407 e. The molecule has 1 saturated carbocycles. The summed E-state index contributed by atoms with van der Waals surface area (Å²) in [6.07, 6.45) is 8.89. The van der Waals surface area contributed by atoms with Crippen molar-refractivity contribution >= 4 is 18.1 Å². The summed E-state index contributed by atoms with van der Waals surface area (Å²) in [5.74, 6) is 0.347. The fourth-order valence-electron chi connectivity index (χ4n) is 7.50. The highest BCUT2D eigenvalue weighted by Crippen LogP contribution is 2.33. The molecule has 4 N–H and O–H groups in total. The number of carbonyl (C=O) groups is 2. The lowest BCUT2D eigenvalue weighted by Gasteiger charge is -2.32. The highest BCUT2D eigenvalue weighted by Gasteiger charge is 2.35. The first-order chi connectivity index (χ1) is 24.5. The average molecular weight is 706 g/mol. The second-order valence-electron chi connectivity index (χ2n) is 15.5. The van der Waals surface area contributed by atoms with Crippen LogP contribution in [0.25, 0.3) is 6.08 Å². The second-order valence-corrected chi connectivity index (χ2v) is 15.5. The number of nitrogens with one attached hydrogen (secondary N) is 2. The third kappa shape index (κ3) is 12.3. The first kappa shape index (κ1) is 38.8. The number of carbonyl (C=O) groups excluding carboxylic acids is 2. The van der Waals surface area contributed by atoms with Crippen LogP contribution in [0.1, 0.15) is 94.9 Å². The van der Waals surface area contributed by atoms with Crippen LogP contribution in [0.15, 0.2) is 54.6 Å². The van der Waals surface area contributed by atoms with E-state index in [0.29, 0.717) is 31.8 Å². The molecule has 280 valence electrons. The van der Waals surface area contributed by atoms with Crippen LogP contribution in [0, 0.1) is 11.8 Å². The molecular weight excluding hydrogens is 646 g/mol. The Balaban J connectivity index is 1.26. The smallest absolute Gasteiger partial charge is 0.407 e. The normalized spacial score (nSPS) is 21.8. The minimum Gasteiger partial charge on any atom is -0.492 e. The molecule has 5 rings (SSSR count). The molecule has 2 aliphatic carbocycles. The number of nitrogens with zero attached hydrogens (tertiary/aromatic N) is 1. The molecule has 5 atom stereocenters. The molecule has 0 spiro atoms. The van der Waals surface area contributed by atoms with E-state index in [1.54, 1.807) is 0 Å². The zero-order chi connectivity index (χ0) is 36.2. The van der Waals surface area contributed by atoms with Gasteiger partial charge in [-0.1, -0.05) is 80.7 Å². The van der Waals surface area contributed by atoms with Crippen molar-refractivity contribution in [3.8, 4) is 5.75 Å². The summed E-state index contributed by atoms with van der Waals surface area (Å²) in [7, 11) is 0. The highest BCUT2D eigenvalue weighted by molar-refractivity contribution is 5.80. The van der Waals surface area contributed by atoms with E-state index in [1.165, 1.54) is 6.42 Å². The Morgan fingerprint density at radius 2 is 1.76 bits per heavy atom. The monoisotopic (exact) mass is 705 g/mol. The molecule has 1 saturated heterocycles. The Labute approximate surface area is 303 Å². The molecule has 0 aromatic heterocycles. The maximum atomic E-state index is 14.0. The number of fused-ring (bicyclic) bond motifs is 1. The summed E-state index contributed by atoms with van der Waals surface area (Å²) in [4.78, 5) is 29.3. The fraction of sp³-hybridized carbons (Fsp3) is 0.610. The van der Waals surface area contributed by atoms with Crippen molar-refractivity contribution in [1.29, 1.82) is 0 Å². The summed E-state index contributed by atoms with van der Waals surface area (Å²) < 4.78 is 16.9. The zero-order valence-electron chi connectivity index (χ0n) is 30.7. The van der Waals surface area contributed by atoms with Gasteiger partial charge in [-0.15, -0.1) is 0 Å². The van der Waals surface area contributed by atoms with E-state index in [4.69, 9.17) is 14.2 Å². The van der Waals surface area contributed by atoms with Gasteiger partial charge in [-0.3, -0.25) is 9.69 Å². The highest BCUT2D eigenvalue weighted by atomic mass is 16.6. The van der Waals surface area contributed by atoms with E-state index in [9.17, 15) is 19.8 Å². The van der Waals surface area contributed by atoms with Crippen molar-refractivity contribution in [3.63, 3.8) is 0 Å². The number of amides is 2. The Kier molecular flexibility index (Phi) is 14.4. The van der Waals surface area contributed by atoms with Crippen LogP contribution in [-0.4, -0.2) is 90.4 Å². The molecule has 0 radical (unpaired) electrons. The number of ether oxygens (including phenoxy) is 3. The van der Waals surface area contributed by atoms with Crippen molar-refractivity contribution in [2.75, 3.05) is 39.5 Å². The Morgan fingerprint density at radius 3 is 2.49 bits per heavy atom. The molecule has 2 fully saturated rings. The number of hydrogen-bond acceptors (Lipinski definition) is 8. The van der Waals surface area contributed by atoms with E-state index < -0.39 is 41.9 Å². The first-order valence-corrected chi connectivity index (χ1v) is 19.0. The minimum atomic E-state index is -0.974. The fourth-order valence-corrected chi connectivity index (χ4v) is 7.50. The van der Waals surface area contributed by atoms with Gasteiger partial charge in [-0.05, 0) is 74.8 Å². The van der Waals surface area contributed by atoms with Gasteiger partial charge >= 0.3 is 6.09 Å². The van der Waals surface area contributed by atoms with Gasteiger partial charge in [0, 0.05) is 32.0 Å². The molecule has 3 aliphatic rings. The number of aliphatic hydroxyl groups excluding tert-OH is 2. The van der Waals surface area contributed by atoms with Crippen LogP contribution in [0.4, 0.5) is 4.79 Å². The number of aliphatic hydroxyl groups is 2. The number of allylic oxidation sites excluding steroid dienone is 1. The van der Waals surface area contributed by atoms with Gasteiger partial charge in [0.1, 0.15) is 18.0 Å². The van der Waals surface area contributed by atoms with Gasteiger partial charge < -0.3 is 35.1 Å². The molecule has 3 unspecified atom stereocenters. The van der Waals surface area contributed by atoms with E-state index >= 15 is 0 Å². The molecule has 2 amide bonds. The lowest BCUT2D eigenvalue weighted by molar-refractivity contribution is -0.127. The number of alkyl carbamates (subject to hydrolysis) is 1. The minimum absolute atomic E-state index is 0.143. The Bertz CT molecular complexity index is 1410. The van der Waals surface area contributed by atoms with Gasteiger partial charge in [-0.2, -0.15) is 0 Å². The molecule has 10 nitrogen and oxygen atoms in total. The average Bonchev–Trinajstić information content (AvgIpc) is 3.42. The van der Waals surface area contributed by atoms with E-state index in [0.717, 1.165) is 81.0 Å². The summed E-state index contributed by atoms with van der Waals surface area (Å²) in [6, 6.07) is 14.6. The number of hydrogen-bond donors (Lipinski definition) is 4. The summed E-state index contributed by atoms with van der Waals surface area (Å²) in [5, 5.41) is 28.7. The van der Waals surface area contributed by atoms with Gasteiger partial charge in [0.2, 0.25) is 5.91 Å². The second kappa shape index (κ2) is 18.9. The van der Waals surface area contributed by atoms with Crippen molar-refractivity contribution in [2.45, 2.75) is 108 Å². The molecule has 2 aromatic carbocycles. The quantitative estimate of drug-likeness (QED) is 0.183. The van der Waals surface area contributed by atoms with Crippen LogP contribution < -0.4 is 15.4 Å². The Morgan fingerprint density at radius 1 is 1.04 bits per heavy atom. The number of morpholine rings is 1. The SMILES string of the molecule is CC(C)(C)OC(=O)NC(CC1CCCCC1)C(O)CC(CC=Cc1ccc(OCCN2CCOCC2)cc1)C(=O)N[C@H]1c2ccccc2C[C@@H]1O. The van der Waals surface area contributed by atoms with Crippen LogP contribution in [0.5, 0.6) is 5.75 Å². The lowest BCUT2D eigenvalue weighted by atomic mass is 9.82. The van der Waals surface area contributed by atoms with Crippen LogP contribution in [0.2, 0.25) is 0 Å². The molecule has 1 heterocycles. The molecule has 1 aliphatic heterocycles. The zero-order valence-corrected chi connectivity index (χ0v) is 30.7. The van der Waals surface area contributed by atoms with E-state index in [-0.39, 0.29) is 12.3 Å². The van der Waals surface area contributed by atoms with Crippen LogP contribution in [0.3, 0.4) is 0 Å². The Hall–Kier alpha value is -3.44. The van der Waals surface area contributed by atoms with Crippen molar-refractivity contribution in [2.24, 2.45) is 11.8 Å². The predicted octanol–water partition coefficient (Wildman–Crippen LogP) is 5.81. The summed E-state index contributed by atoms with van der Waals surface area (Å²) in [6.45, 7) is 10.3. The van der Waals surface area contributed by atoms with Crippen LogP contribution >= 0.6 is 0 Å². The van der Waals surface area contributed by atoms with Gasteiger partial charge in [-0.25, -0.2) is 4.79 Å². The largest absolute Gasteiger partial charge is 0.492 e. The van der Waals surface area contributed by atoms with E-state index in [2.05, 4.69) is 15.5 Å². The number of rotatable bonds is 15. The molecule has 2 aromatic rings. The number of benzene rings is 2. The van der Waals surface area contributed by atoms with Gasteiger partial charge in [0.25, 0.3) is 0 Å². The molecule has 51 heavy (non-hydrogen) atoms. The first-order valence-electron chi connectivity index (χ1n) is 19.0. The van der Waals surface area contributed by atoms with E-state index in [1.807, 2.05) is 81.5 Å². The summed E-state index contributed by atoms with van der Waals surface area (Å²) in [5.41, 5.74) is 2.23. The van der Waals surface area contributed by atoms with Crippen LogP contribution in [-0.2, 0) is 20.7 Å². The van der Waals surface area contributed by atoms with Gasteiger partial charge in [0.05, 0.1) is 37.5 Å². The lowest BCUT2D eigenvalue weighted by Crippen LogP contribution is -2.48.